The Bertz CT molecular complexity index is 1400. The zero-order chi connectivity index (χ0) is 25.3. The van der Waals surface area contributed by atoms with E-state index in [2.05, 4.69) is 17.2 Å². The van der Waals surface area contributed by atoms with Gasteiger partial charge in [-0.25, -0.2) is 8.42 Å². The van der Waals surface area contributed by atoms with Gasteiger partial charge in [0.1, 0.15) is 6.23 Å². The van der Waals surface area contributed by atoms with E-state index in [0.29, 0.717) is 25.1 Å². The summed E-state index contributed by atoms with van der Waals surface area (Å²) in [6, 6.07) is 19.9. The monoisotopic (exact) mass is 505 g/mol. The van der Waals surface area contributed by atoms with E-state index in [1.807, 2.05) is 42.5 Å². The lowest BCUT2D eigenvalue weighted by atomic mass is 10.0. The fourth-order valence-corrected chi connectivity index (χ4v) is 6.39. The summed E-state index contributed by atoms with van der Waals surface area (Å²) in [5, 5.41) is 7.80. The minimum absolute atomic E-state index is 0.00834. The average molecular weight is 506 g/mol. The second kappa shape index (κ2) is 9.85. The lowest BCUT2D eigenvalue weighted by Gasteiger charge is -2.19. The minimum Gasteiger partial charge on any atom is -0.354 e. The number of nitrogens with one attached hydrogen (secondary N) is 2. The van der Waals surface area contributed by atoms with Crippen LogP contribution < -0.4 is 10.6 Å². The third-order valence-corrected chi connectivity index (χ3v) is 8.61. The van der Waals surface area contributed by atoms with Crippen molar-refractivity contribution >= 4 is 32.6 Å². The van der Waals surface area contributed by atoms with Gasteiger partial charge in [0, 0.05) is 31.1 Å². The molecule has 186 valence electrons. The van der Waals surface area contributed by atoms with Crippen LogP contribution in [0.1, 0.15) is 22.3 Å². The molecule has 2 aliphatic rings. The van der Waals surface area contributed by atoms with Crippen molar-refractivity contribution < 1.29 is 22.7 Å². The molecule has 0 radical (unpaired) electrons. The van der Waals surface area contributed by atoms with Gasteiger partial charge in [0.05, 0.1) is 11.0 Å². The topological polar surface area (TPSA) is 105 Å². The highest BCUT2D eigenvalue weighted by Crippen LogP contribution is 2.35. The minimum atomic E-state index is -3.73. The van der Waals surface area contributed by atoms with Gasteiger partial charge in [-0.05, 0) is 53.1 Å². The molecule has 3 unspecified atom stereocenters. The van der Waals surface area contributed by atoms with Gasteiger partial charge in [-0.15, -0.1) is 0 Å². The Morgan fingerprint density at radius 3 is 2.53 bits per heavy atom. The summed E-state index contributed by atoms with van der Waals surface area (Å²) >= 11 is 0. The summed E-state index contributed by atoms with van der Waals surface area (Å²) in [4.78, 5) is 24.3. The van der Waals surface area contributed by atoms with Crippen LogP contribution >= 0.6 is 0 Å². The molecule has 0 saturated carbocycles. The molecule has 0 spiro atoms. The van der Waals surface area contributed by atoms with Crippen molar-refractivity contribution in [2.24, 2.45) is 5.92 Å². The van der Waals surface area contributed by atoms with Gasteiger partial charge in [0.25, 0.3) is 5.91 Å². The van der Waals surface area contributed by atoms with Crippen LogP contribution in [-0.2, 0) is 26.1 Å². The lowest BCUT2D eigenvalue weighted by Crippen LogP contribution is -2.37. The predicted molar refractivity (Wildman–Crippen MR) is 135 cm³/mol. The second-order valence-electron chi connectivity index (χ2n) is 9.04. The maximum absolute atomic E-state index is 13.2. The SMILES string of the molecule is C=CC(=O)NC1CC2CN(S(=O)(=O)c3ccc(C(=O)NCc4cccc5ccccc45)cc3)CC2O1. The van der Waals surface area contributed by atoms with Crippen molar-refractivity contribution in [2.75, 3.05) is 13.1 Å². The van der Waals surface area contributed by atoms with Crippen LogP contribution in [0.3, 0.4) is 0 Å². The van der Waals surface area contributed by atoms with Gasteiger partial charge in [-0.2, -0.15) is 4.31 Å². The Kier molecular flexibility index (Phi) is 6.61. The maximum atomic E-state index is 13.2. The number of carbonyl (C=O) groups is 2. The second-order valence-corrected chi connectivity index (χ2v) is 11.0. The van der Waals surface area contributed by atoms with Crippen molar-refractivity contribution in [3.8, 4) is 0 Å². The summed E-state index contributed by atoms with van der Waals surface area (Å²) in [6.07, 6.45) is 1.03. The summed E-state index contributed by atoms with van der Waals surface area (Å²) in [5.74, 6) is -0.580. The molecule has 0 aliphatic carbocycles. The maximum Gasteiger partial charge on any atom is 0.251 e. The Morgan fingerprint density at radius 1 is 1.03 bits per heavy atom. The molecule has 8 nitrogen and oxygen atoms in total. The van der Waals surface area contributed by atoms with E-state index in [9.17, 15) is 18.0 Å². The summed E-state index contributed by atoms with van der Waals surface area (Å²) in [6.45, 7) is 4.33. The highest BCUT2D eigenvalue weighted by atomic mass is 32.2. The van der Waals surface area contributed by atoms with Gasteiger partial charge in [0.2, 0.25) is 15.9 Å². The van der Waals surface area contributed by atoms with Crippen LogP contribution in [-0.4, -0.2) is 50.0 Å². The van der Waals surface area contributed by atoms with E-state index < -0.39 is 16.3 Å². The van der Waals surface area contributed by atoms with Crippen molar-refractivity contribution in [1.82, 2.24) is 14.9 Å². The van der Waals surface area contributed by atoms with Gasteiger partial charge >= 0.3 is 0 Å². The zero-order valence-electron chi connectivity index (χ0n) is 19.6. The molecule has 2 N–H and O–H groups in total. The van der Waals surface area contributed by atoms with Gasteiger partial charge in [0.15, 0.2) is 0 Å². The number of rotatable bonds is 7. The number of amides is 2. The average Bonchev–Trinajstić information content (AvgIpc) is 3.46. The number of nitrogens with zero attached hydrogens (tertiary/aromatic N) is 1. The molecule has 9 heteroatoms. The van der Waals surface area contributed by atoms with E-state index in [1.54, 1.807) is 0 Å². The molecule has 36 heavy (non-hydrogen) atoms. The first-order valence-corrected chi connectivity index (χ1v) is 13.2. The Labute approximate surface area is 210 Å². The van der Waals surface area contributed by atoms with Crippen LogP contribution in [0.2, 0.25) is 0 Å². The first kappa shape index (κ1) is 24.2. The van der Waals surface area contributed by atoms with E-state index >= 15 is 0 Å². The molecule has 2 saturated heterocycles. The number of benzene rings is 3. The van der Waals surface area contributed by atoms with Gasteiger partial charge in [-0.3, -0.25) is 9.59 Å². The fourth-order valence-electron chi connectivity index (χ4n) is 4.88. The molecule has 2 heterocycles. The van der Waals surface area contributed by atoms with Crippen LogP contribution in [0.5, 0.6) is 0 Å². The van der Waals surface area contributed by atoms with Crippen LogP contribution in [0.15, 0.2) is 84.3 Å². The molecule has 2 fully saturated rings. The number of sulfonamides is 1. The molecule has 2 aliphatic heterocycles. The molecular weight excluding hydrogens is 478 g/mol. The standard InChI is InChI=1S/C27H27N3O5S/c1-2-25(31)29-26-14-21-16-30(17-24(21)35-26)36(33,34)22-12-10-19(11-13-22)27(32)28-15-20-8-5-7-18-6-3-4-9-23(18)20/h2-13,21,24,26H,1,14-17H2,(H,28,32)(H,29,31). The largest absolute Gasteiger partial charge is 0.354 e. The Balaban J connectivity index is 1.20. The van der Waals surface area contributed by atoms with Gasteiger partial charge in [-0.1, -0.05) is 49.0 Å². The normalized spacial score (nSPS) is 21.7. The molecule has 2 amide bonds. The smallest absolute Gasteiger partial charge is 0.251 e. The summed E-state index contributed by atoms with van der Waals surface area (Å²) < 4.78 is 33.6. The lowest BCUT2D eigenvalue weighted by molar-refractivity contribution is -0.120. The number of carbonyl (C=O) groups excluding carboxylic acids is 2. The van der Waals surface area contributed by atoms with E-state index in [0.717, 1.165) is 16.3 Å². The van der Waals surface area contributed by atoms with E-state index in [1.165, 1.54) is 34.6 Å². The summed E-state index contributed by atoms with van der Waals surface area (Å²) in [5.41, 5.74) is 1.39. The summed E-state index contributed by atoms with van der Waals surface area (Å²) in [7, 11) is -3.73. The molecule has 0 aromatic heterocycles. The quantitative estimate of drug-likeness (QED) is 0.481. The van der Waals surface area contributed by atoms with Crippen molar-refractivity contribution in [3.63, 3.8) is 0 Å². The van der Waals surface area contributed by atoms with E-state index in [-0.39, 0.29) is 35.3 Å². The van der Waals surface area contributed by atoms with Crippen LogP contribution in [0.4, 0.5) is 0 Å². The number of fused-ring (bicyclic) bond motifs is 2. The van der Waals surface area contributed by atoms with Crippen molar-refractivity contribution in [3.05, 3.63) is 90.5 Å². The first-order valence-electron chi connectivity index (χ1n) is 11.8. The Hall–Kier alpha value is -3.53. The molecular formula is C27H27N3O5S. The van der Waals surface area contributed by atoms with Gasteiger partial charge < -0.3 is 15.4 Å². The predicted octanol–water partition coefficient (Wildman–Crippen LogP) is 2.81. The first-order chi connectivity index (χ1) is 17.3. The third kappa shape index (κ3) is 4.77. The third-order valence-electron chi connectivity index (χ3n) is 6.77. The molecule has 3 aromatic carbocycles. The zero-order valence-corrected chi connectivity index (χ0v) is 20.4. The fraction of sp³-hybridized carbons (Fsp3) is 0.259. The van der Waals surface area contributed by atoms with Crippen molar-refractivity contribution in [2.45, 2.75) is 30.2 Å². The molecule has 0 bridgehead atoms. The molecule has 3 aromatic rings. The van der Waals surface area contributed by atoms with Crippen LogP contribution in [0, 0.1) is 5.92 Å². The Morgan fingerprint density at radius 2 is 1.78 bits per heavy atom. The number of ether oxygens (including phenoxy) is 1. The van der Waals surface area contributed by atoms with Crippen LogP contribution in [0.25, 0.3) is 10.8 Å². The highest BCUT2D eigenvalue weighted by molar-refractivity contribution is 7.89. The van der Waals surface area contributed by atoms with Crippen molar-refractivity contribution in [1.29, 1.82) is 0 Å². The van der Waals surface area contributed by atoms with E-state index in [4.69, 9.17) is 4.74 Å². The number of hydrogen-bond donors (Lipinski definition) is 2. The number of hydrogen-bond acceptors (Lipinski definition) is 5. The molecule has 3 atom stereocenters. The molecule has 5 rings (SSSR count). The highest BCUT2D eigenvalue weighted by Gasteiger charge is 2.46.